The van der Waals surface area contributed by atoms with E-state index in [0.29, 0.717) is 37.5 Å². The number of nitrogens with one attached hydrogen (secondary N) is 1. The lowest BCUT2D eigenvalue weighted by Crippen LogP contribution is -2.49. The van der Waals surface area contributed by atoms with Gasteiger partial charge in [0, 0.05) is 36.1 Å². The summed E-state index contributed by atoms with van der Waals surface area (Å²) in [4.78, 5) is 40.5. The van der Waals surface area contributed by atoms with Crippen LogP contribution in [0.4, 0.5) is 5.69 Å². The summed E-state index contributed by atoms with van der Waals surface area (Å²) in [6.07, 6.45) is 3.30. The number of piperidine rings is 1. The van der Waals surface area contributed by atoms with E-state index in [2.05, 4.69) is 5.32 Å². The number of nitrogens with zero attached hydrogens (tertiary/aromatic N) is 2. The minimum atomic E-state index is -0.161. The van der Waals surface area contributed by atoms with E-state index in [0.717, 1.165) is 17.0 Å². The van der Waals surface area contributed by atoms with Crippen LogP contribution >= 0.6 is 23.1 Å². The predicted molar refractivity (Wildman–Crippen MR) is 113 cm³/mol. The maximum absolute atomic E-state index is 12.9. The summed E-state index contributed by atoms with van der Waals surface area (Å²) in [5.41, 5.74) is 1.17. The van der Waals surface area contributed by atoms with Crippen LogP contribution in [-0.4, -0.2) is 46.4 Å². The van der Waals surface area contributed by atoms with Crippen LogP contribution in [0.25, 0.3) is 0 Å². The fourth-order valence-electron chi connectivity index (χ4n) is 4.24. The number of carbonyl (C=O) groups excluding carboxylic acids is 2. The molecule has 1 N–H and O–H groups in total. The van der Waals surface area contributed by atoms with Crippen LogP contribution in [0.15, 0.2) is 34.4 Å². The normalized spacial score (nSPS) is 20.5. The van der Waals surface area contributed by atoms with Gasteiger partial charge in [-0.3, -0.25) is 14.4 Å². The molecule has 1 saturated heterocycles. The lowest BCUT2D eigenvalue weighted by Gasteiger charge is -2.43. The number of thiophene rings is 1. The SMILES string of the molecule is CSCC(=O)Nc1ccc2n(c1=O)C[C@@H]1C[C@@H]2CN(C(=O)Cc2cccs2)C1. The lowest BCUT2D eigenvalue weighted by atomic mass is 9.83. The third kappa shape index (κ3) is 3.89. The molecule has 0 radical (unpaired) electrons. The molecule has 4 rings (SSSR count). The summed E-state index contributed by atoms with van der Waals surface area (Å²) in [5, 5.41) is 4.71. The highest BCUT2D eigenvalue weighted by Crippen LogP contribution is 2.35. The Morgan fingerprint density at radius 1 is 1.25 bits per heavy atom. The highest BCUT2D eigenvalue weighted by Gasteiger charge is 2.36. The van der Waals surface area contributed by atoms with Crippen LogP contribution in [0.5, 0.6) is 0 Å². The molecule has 0 saturated carbocycles. The Kier molecular flexibility index (Phi) is 5.59. The van der Waals surface area contributed by atoms with E-state index in [4.69, 9.17) is 0 Å². The van der Waals surface area contributed by atoms with Gasteiger partial charge in [-0.1, -0.05) is 6.07 Å². The van der Waals surface area contributed by atoms with Gasteiger partial charge in [-0.15, -0.1) is 11.3 Å². The van der Waals surface area contributed by atoms with Crippen LogP contribution in [0.3, 0.4) is 0 Å². The van der Waals surface area contributed by atoms with Gasteiger partial charge >= 0.3 is 0 Å². The quantitative estimate of drug-likeness (QED) is 0.811. The number of anilines is 1. The topological polar surface area (TPSA) is 71.4 Å². The van der Waals surface area contributed by atoms with Gasteiger partial charge in [-0.05, 0) is 42.2 Å². The number of hydrogen-bond donors (Lipinski definition) is 1. The Morgan fingerprint density at radius 2 is 2.11 bits per heavy atom. The Labute approximate surface area is 171 Å². The van der Waals surface area contributed by atoms with Crippen molar-refractivity contribution in [1.82, 2.24) is 9.47 Å². The van der Waals surface area contributed by atoms with E-state index in [1.807, 2.05) is 34.7 Å². The Bertz CT molecular complexity index is 939. The largest absolute Gasteiger partial charge is 0.341 e. The van der Waals surface area contributed by atoms with Crippen molar-refractivity contribution >= 4 is 40.6 Å². The summed E-state index contributed by atoms with van der Waals surface area (Å²) < 4.78 is 1.80. The first-order valence-corrected chi connectivity index (χ1v) is 11.6. The zero-order chi connectivity index (χ0) is 19.7. The number of pyridine rings is 1. The average Bonchev–Trinajstić information content (AvgIpc) is 3.17. The highest BCUT2D eigenvalue weighted by molar-refractivity contribution is 7.99. The molecule has 0 spiro atoms. The summed E-state index contributed by atoms with van der Waals surface area (Å²) in [7, 11) is 0. The fourth-order valence-corrected chi connectivity index (χ4v) is 5.27. The van der Waals surface area contributed by atoms with Gasteiger partial charge in [0.1, 0.15) is 5.69 Å². The molecule has 2 aliphatic heterocycles. The van der Waals surface area contributed by atoms with Gasteiger partial charge < -0.3 is 14.8 Å². The first kappa shape index (κ1) is 19.3. The molecule has 2 amide bonds. The maximum atomic E-state index is 12.9. The summed E-state index contributed by atoms with van der Waals surface area (Å²) in [6, 6.07) is 7.61. The van der Waals surface area contributed by atoms with Crippen LogP contribution < -0.4 is 10.9 Å². The van der Waals surface area contributed by atoms with E-state index in [1.165, 1.54) is 11.8 Å². The van der Waals surface area contributed by atoms with Gasteiger partial charge in [-0.25, -0.2) is 0 Å². The van der Waals surface area contributed by atoms with Gasteiger partial charge in [0.2, 0.25) is 11.8 Å². The highest BCUT2D eigenvalue weighted by atomic mass is 32.2. The second kappa shape index (κ2) is 8.13. The second-order valence-electron chi connectivity index (χ2n) is 7.42. The van der Waals surface area contributed by atoms with E-state index >= 15 is 0 Å². The molecule has 148 valence electrons. The molecular formula is C20H23N3O3S2. The summed E-state index contributed by atoms with van der Waals surface area (Å²) >= 11 is 3.03. The minimum absolute atomic E-state index is 0.139. The number of rotatable bonds is 5. The molecule has 28 heavy (non-hydrogen) atoms. The molecule has 2 aromatic rings. The number of hydrogen-bond acceptors (Lipinski definition) is 5. The van der Waals surface area contributed by atoms with Crippen LogP contribution in [0, 0.1) is 5.92 Å². The van der Waals surface area contributed by atoms with Crippen molar-refractivity contribution in [1.29, 1.82) is 0 Å². The van der Waals surface area contributed by atoms with Crippen molar-refractivity contribution in [3.63, 3.8) is 0 Å². The van der Waals surface area contributed by atoms with Crippen LogP contribution in [0.2, 0.25) is 0 Å². The second-order valence-corrected chi connectivity index (χ2v) is 9.32. The smallest absolute Gasteiger partial charge is 0.274 e. The predicted octanol–water partition coefficient (Wildman–Crippen LogP) is 2.40. The first-order valence-electron chi connectivity index (χ1n) is 9.38. The molecule has 2 bridgehead atoms. The van der Waals surface area contributed by atoms with Crippen LogP contribution in [-0.2, 0) is 22.6 Å². The number of carbonyl (C=O) groups is 2. The Hall–Kier alpha value is -2.06. The zero-order valence-corrected chi connectivity index (χ0v) is 17.4. The van der Waals surface area contributed by atoms with Gasteiger partial charge in [0.15, 0.2) is 0 Å². The van der Waals surface area contributed by atoms with Crippen LogP contribution in [0.1, 0.15) is 22.9 Å². The summed E-state index contributed by atoms with van der Waals surface area (Å²) in [6.45, 7) is 1.94. The third-order valence-electron chi connectivity index (χ3n) is 5.41. The molecule has 2 atom stereocenters. The van der Waals surface area contributed by atoms with Crippen molar-refractivity contribution in [3.8, 4) is 0 Å². The van der Waals surface area contributed by atoms with E-state index in [-0.39, 0.29) is 29.2 Å². The average molecular weight is 418 g/mol. The number of fused-ring (bicyclic) bond motifs is 4. The number of thioether (sulfide) groups is 1. The number of aromatic nitrogens is 1. The zero-order valence-electron chi connectivity index (χ0n) is 15.7. The van der Waals surface area contributed by atoms with Crippen molar-refractivity contribution in [3.05, 3.63) is 50.6 Å². The lowest BCUT2D eigenvalue weighted by molar-refractivity contribution is -0.133. The monoisotopic (exact) mass is 417 g/mol. The van der Waals surface area contributed by atoms with E-state index in [9.17, 15) is 14.4 Å². The molecule has 0 aromatic carbocycles. The van der Waals surface area contributed by atoms with E-state index < -0.39 is 0 Å². The third-order valence-corrected chi connectivity index (χ3v) is 6.84. The fraction of sp³-hybridized carbons (Fsp3) is 0.450. The molecule has 8 heteroatoms. The molecular weight excluding hydrogens is 394 g/mol. The molecule has 4 heterocycles. The van der Waals surface area contributed by atoms with Crippen molar-refractivity contribution in [2.45, 2.75) is 25.3 Å². The number of amides is 2. The van der Waals surface area contributed by atoms with Gasteiger partial charge in [0.25, 0.3) is 5.56 Å². The first-order chi connectivity index (χ1) is 13.5. The summed E-state index contributed by atoms with van der Waals surface area (Å²) in [5.74, 6) is 0.769. The maximum Gasteiger partial charge on any atom is 0.274 e. The van der Waals surface area contributed by atoms with Crippen molar-refractivity contribution in [2.24, 2.45) is 5.92 Å². The molecule has 2 aromatic heterocycles. The standard InChI is InChI=1S/C20H23N3O3S2/c1-27-12-18(24)21-16-4-5-17-14-7-13(10-23(17)20(16)26)9-22(11-14)19(25)8-15-3-2-6-28-15/h2-6,13-14H,7-12H2,1H3,(H,21,24)/t13-,14-/m1/s1. The number of likely N-dealkylation sites (tertiary alicyclic amines) is 1. The van der Waals surface area contributed by atoms with E-state index in [1.54, 1.807) is 22.0 Å². The molecule has 6 nitrogen and oxygen atoms in total. The van der Waals surface area contributed by atoms with Crippen molar-refractivity contribution in [2.75, 3.05) is 30.4 Å². The Morgan fingerprint density at radius 3 is 2.86 bits per heavy atom. The van der Waals surface area contributed by atoms with Gasteiger partial charge in [-0.2, -0.15) is 11.8 Å². The van der Waals surface area contributed by atoms with Gasteiger partial charge in [0.05, 0.1) is 12.2 Å². The molecule has 1 fully saturated rings. The Balaban J connectivity index is 1.52. The minimum Gasteiger partial charge on any atom is -0.341 e. The van der Waals surface area contributed by atoms with Crippen molar-refractivity contribution < 1.29 is 9.59 Å². The molecule has 0 unspecified atom stereocenters. The molecule has 0 aliphatic carbocycles. The molecule has 2 aliphatic rings.